The van der Waals surface area contributed by atoms with E-state index in [-0.39, 0.29) is 12.6 Å². The first-order valence-electron chi connectivity index (χ1n) is 5.26. The van der Waals surface area contributed by atoms with E-state index in [2.05, 4.69) is 5.32 Å². The number of carboxylic acid groups (broad SMARTS) is 1. The summed E-state index contributed by atoms with van der Waals surface area (Å²) in [5, 5.41) is 21.1. The topological polar surface area (TPSA) is 78.8 Å². The monoisotopic (exact) mass is 217 g/mol. The minimum atomic E-state index is -1.68. The van der Waals surface area contributed by atoms with Crippen LogP contribution >= 0.6 is 0 Å². The Bertz CT molecular complexity index is 223. The lowest BCUT2D eigenvalue weighted by atomic mass is 9.88. The van der Waals surface area contributed by atoms with Crippen molar-refractivity contribution in [2.75, 3.05) is 13.2 Å². The van der Waals surface area contributed by atoms with Crippen molar-refractivity contribution in [3.8, 4) is 0 Å². The van der Waals surface area contributed by atoms with E-state index in [1.807, 2.05) is 6.92 Å². The van der Waals surface area contributed by atoms with E-state index in [4.69, 9.17) is 9.84 Å². The summed E-state index contributed by atoms with van der Waals surface area (Å²) < 4.78 is 5.37. The highest BCUT2D eigenvalue weighted by atomic mass is 16.5. The number of carbonyl (C=O) groups is 1. The minimum absolute atomic E-state index is 0.0752. The number of carboxylic acids is 1. The molecule has 1 rings (SSSR count). The molecular formula is C10H19NO4. The second kappa shape index (κ2) is 4.92. The van der Waals surface area contributed by atoms with Crippen molar-refractivity contribution in [2.24, 2.45) is 0 Å². The van der Waals surface area contributed by atoms with Gasteiger partial charge in [-0.1, -0.05) is 0 Å². The minimum Gasteiger partial charge on any atom is -0.479 e. The Morgan fingerprint density at radius 3 is 2.67 bits per heavy atom. The maximum Gasteiger partial charge on any atom is 0.336 e. The van der Waals surface area contributed by atoms with Crippen LogP contribution in [0.4, 0.5) is 0 Å². The van der Waals surface area contributed by atoms with Crippen LogP contribution in [0.15, 0.2) is 0 Å². The molecule has 1 aliphatic carbocycles. The Kier molecular flexibility index (Phi) is 4.07. The summed E-state index contributed by atoms with van der Waals surface area (Å²) in [6.07, 6.45) is 2.08. The zero-order valence-electron chi connectivity index (χ0n) is 9.19. The number of rotatable bonds is 6. The molecular weight excluding hydrogens is 198 g/mol. The third-order valence-corrected chi connectivity index (χ3v) is 2.69. The molecule has 0 bridgehead atoms. The first-order valence-corrected chi connectivity index (χ1v) is 5.26. The summed E-state index contributed by atoms with van der Waals surface area (Å²) in [6, 6.07) is 0.271. The van der Waals surface area contributed by atoms with Gasteiger partial charge in [-0.15, -0.1) is 0 Å². The summed E-state index contributed by atoms with van der Waals surface area (Å²) in [5.74, 6) is -1.20. The van der Waals surface area contributed by atoms with Gasteiger partial charge in [0.2, 0.25) is 0 Å². The van der Waals surface area contributed by atoms with Crippen LogP contribution in [0, 0.1) is 0 Å². The van der Waals surface area contributed by atoms with Gasteiger partial charge in [0.1, 0.15) is 0 Å². The van der Waals surface area contributed by atoms with Crippen LogP contribution in [-0.4, -0.2) is 47.1 Å². The summed E-state index contributed by atoms with van der Waals surface area (Å²) in [4.78, 5) is 10.6. The van der Waals surface area contributed by atoms with Crippen molar-refractivity contribution in [1.82, 2.24) is 5.32 Å². The van der Waals surface area contributed by atoms with Gasteiger partial charge in [-0.3, -0.25) is 0 Å². The molecule has 1 aliphatic rings. The van der Waals surface area contributed by atoms with Crippen LogP contribution < -0.4 is 5.32 Å². The van der Waals surface area contributed by atoms with Gasteiger partial charge in [-0.25, -0.2) is 4.79 Å². The molecule has 88 valence electrons. The molecule has 0 aromatic rings. The van der Waals surface area contributed by atoms with Crippen LogP contribution in [0.3, 0.4) is 0 Å². The van der Waals surface area contributed by atoms with E-state index < -0.39 is 11.6 Å². The predicted octanol–water partition coefficient (Wildman–Crippen LogP) is -0.0209. The van der Waals surface area contributed by atoms with Crippen molar-refractivity contribution in [1.29, 1.82) is 0 Å². The molecule has 5 heteroatoms. The molecule has 0 amide bonds. The molecule has 0 aliphatic heterocycles. The Hall–Kier alpha value is -0.650. The maximum absolute atomic E-state index is 10.6. The molecule has 0 aromatic carbocycles. The number of nitrogens with one attached hydrogen (secondary N) is 1. The number of ether oxygens (including phenoxy) is 1. The van der Waals surface area contributed by atoms with Crippen LogP contribution in [0.25, 0.3) is 0 Å². The van der Waals surface area contributed by atoms with Gasteiger partial charge in [0, 0.05) is 19.2 Å². The van der Waals surface area contributed by atoms with E-state index in [0.29, 0.717) is 12.7 Å². The molecule has 3 N–H and O–H groups in total. The number of aliphatic carboxylic acids is 1. The predicted molar refractivity (Wildman–Crippen MR) is 54.7 cm³/mol. The lowest BCUT2D eigenvalue weighted by molar-refractivity contribution is -0.156. The second-order valence-corrected chi connectivity index (χ2v) is 4.21. The third kappa shape index (κ3) is 3.44. The largest absolute Gasteiger partial charge is 0.479 e. The smallest absolute Gasteiger partial charge is 0.336 e. The average molecular weight is 217 g/mol. The normalized spacial score (nSPS) is 29.3. The fourth-order valence-corrected chi connectivity index (χ4v) is 1.52. The first-order chi connectivity index (χ1) is 6.95. The Morgan fingerprint density at radius 2 is 2.20 bits per heavy atom. The molecule has 0 saturated heterocycles. The van der Waals surface area contributed by atoms with Crippen molar-refractivity contribution >= 4 is 5.97 Å². The summed E-state index contributed by atoms with van der Waals surface area (Å²) >= 11 is 0. The Labute approximate surface area is 89.4 Å². The van der Waals surface area contributed by atoms with Gasteiger partial charge < -0.3 is 20.3 Å². The molecule has 1 saturated carbocycles. The van der Waals surface area contributed by atoms with Crippen molar-refractivity contribution in [2.45, 2.75) is 44.4 Å². The van der Waals surface area contributed by atoms with Gasteiger partial charge in [0.25, 0.3) is 0 Å². The average Bonchev–Trinajstić information content (AvgIpc) is 2.08. The fourth-order valence-electron chi connectivity index (χ4n) is 1.52. The van der Waals surface area contributed by atoms with Crippen molar-refractivity contribution in [3.05, 3.63) is 0 Å². The molecule has 0 radical (unpaired) electrons. The van der Waals surface area contributed by atoms with Gasteiger partial charge in [0.05, 0.1) is 6.10 Å². The van der Waals surface area contributed by atoms with E-state index in [9.17, 15) is 9.90 Å². The van der Waals surface area contributed by atoms with Crippen LogP contribution in [0.2, 0.25) is 0 Å². The van der Waals surface area contributed by atoms with Crippen molar-refractivity contribution < 1.29 is 19.7 Å². The van der Waals surface area contributed by atoms with Crippen LogP contribution in [0.1, 0.15) is 26.7 Å². The number of aliphatic hydroxyl groups is 1. The highest BCUT2D eigenvalue weighted by Gasteiger charge is 2.34. The van der Waals surface area contributed by atoms with Crippen LogP contribution in [-0.2, 0) is 9.53 Å². The zero-order valence-corrected chi connectivity index (χ0v) is 9.19. The van der Waals surface area contributed by atoms with E-state index in [1.54, 1.807) is 0 Å². The quantitative estimate of drug-likeness (QED) is 0.582. The van der Waals surface area contributed by atoms with Crippen LogP contribution in [0.5, 0.6) is 0 Å². The van der Waals surface area contributed by atoms with Gasteiger partial charge in [0.15, 0.2) is 5.60 Å². The summed E-state index contributed by atoms with van der Waals surface area (Å²) in [5.41, 5.74) is -1.68. The van der Waals surface area contributed by atoms with Crippen molar-refractivity contribution in [3.63, 3.8) is 0 Å². The Morgan fingerprint density at radius 1 is 1.60 bits per heavy atom. The summed E-state index contributed by atoms with van der Waals surface area (Å²) in [6.45, 7) is 4.03. The molecule has 1 unspecified atom stereocenters. The third-order valence-electron chi connectivity index (χ3n) is 2.69. The molecule has 1 fully saturated rings. The van der Waals surface area contributed by atoms with E-state index >= 15 is 0 Å². The second-order valence-electron chi connectivity index (χ2n) is 4.21. The Balaban J connectivity index is 2.15. The highest BCUT2D eigenvalue weighted by Crippen LogP contribution is 2.23. The SMILES string of the molecule is CCOC1CC(NCC(C)(O)C(=O)O)C1. The summed E-state index contributed by atoms with van der Waals surface area (Å²) in [7, 11) is 0. The van der Waals surface area contributed by atoms with E-state index in [0.717, 1.165) is 12.8 Å². The first kappa shape index (κ1) is 12.4. The zero-order chi connectivity index (χ0) is 11.5. The molecule has 0 heterocycles. The highest BCUT2D eigenvalue weighted by molar-refractivity contribution is 5.76. The standard InChI is InChI=1S/C10H19NO4/c1-3-15-8-4-7(5-8)11-6-10(2,14)9(12)13/h7-8,11,14H,3-6H2,1-2H3,(H,12,13). The molecule has 0 spiro atoms. The van der Waals surface area contributed by atoms with Gasteiger partial charge in [-0.2, -0.15) is 0 Å². The van der Waals surface area contributed by atoms with Gasteiger partial charge >= 0.3 is 5.97 Å². The lowest BCUT2D eigenvalue weighted by Crippen LogP contribution is -2.52. The molecule has 0 aromatic heterocycles. The van der Waals surface area contributed by atoms with E-state index in [1.165, 1.54) is 6.92 Å². The molecule has 5 nitrogen and oxygen atoms in total. The molecule has 15 heavy (non-hydrogen) atoms. The molecule has 1 atom stereocenters. The maximum atomic E-state index is 10.6. The fraction of sp³-hybridized carbons (Fsp3) is 0.900. The number of hydrogen-bond acceptors (Lipinski definition) is 4. The lowest BCUT2D eigenvalue weighted by Gasteiger charge is -2.36. The number of hydrogen-bond donors (Lipinski definition) is 3. The van der Waals surface area contributed by atoms with Gasteiger partial charge in [-0.05, 0) is 26.7 Å².